The zero-order valence-corrected chi connectivity index (χ0v) is 54.0. The van der Waals surface area contributed by atoms with E-state index in [1.807, 2.05) is 13.8 Å². The topological polar surface area (TPSA) is 401 Å². The van der Waals surface area contributed by atoms with Crippen LogP contribution in [0.4, 0.5) is 0 Å². The van der Waals surface area contributed by atoms with E-state index in [9.17, 15) is 52.7 Å². The van der Waals surface area contributed by atoms with Crippen molar-refractivity contribution in [1.82, 2.24) is 0 Å². The SMILES string of the molecule is C=C(C)C(=O)OCCCCOC(=O)C(=C)C.C=CC(=O)O.C=CC(=O)O.C=CC(=O)O.C=CC(=O)OCC(C)OCC(C)OCC(C)OC(=O)C=C.C=CC(=O)OCCC(C)OC(=O)C=C.C=CC(=O)OCCCCCCOC(=O)C=C.CCC(CO)(CO)CO. The van der Waals surface area contributed by atoms with Crippen LogP contribution in [0, 0.1) is 5.41 Å². The molecule has 0 bridgehead atoms. The number of aliphatic hydroxyl groups is 3. The van der Waals surface area contributed by atoms with Gasteiger partial charge in [0.1, 0.15) is 18.8 Å². The Hall–Kier alpha value is -8.89. The lowest BCUT2D eigenvalue weighted by Crippen LogP contribution is -2.32. The summed E-state index contributed by atoms with van der Waals surface area (Å²) in [4.78, 5) is 114. The maximum Gasteiger partial charge on any atom is 0.333 e. The highest BCUT2D eigenvalue weighted by Crippen LogP contribution is 2.18. The van der Waals surface area contributed by atoms with Gasteiger partial charge in [0.25, 0.3) is 0 Å². The molecule has 4 unspecified atom stereocenters. The van der Waals surface area contributed by atoms with Crippen molar-refractivity contribution in [2.75, 3.05) is 72.7 Å². The molecule has 0 radical (unpaired) electrons. The highest BCUT2D eigenvalue weighted by atomic mass is 16.6. The van der Waals surface area contributed by atoms with Crippen LogP contribution in [0.25, 0.3) is 0 Å². The minimum atomic E-state index is -0.981. The summed E-state index contributed by atoms with van der Waals surface area (Å²) in [7, 11) is 0. The molecule has 0 rings (SSSR count). The molecule has 0 saturated carbocycles. The maximum atomic E-state index is 11.0. The van der Waals surface area contributed by atoms with Crippen molar-refractivity contribution in [3.8, 4) is 0 Å². The summed E-state index contributed by atoms with van der Waals surface area (Å²) in [6.45, 7) is 49.6. The molecule has 0 fully saturated rings. The predicted molar refractivity (Wildman–Crippen MR) is 338 cm³/mol. The molecule has 0 aliphatic heterocycles. The van der Waals surface area contributed by atoms with E-state index in [0.29, 0.717) is 69.9 Å². The number of carbonyl (C=O) groups excluding carboxylic acids is 8. The molecule has 0 saturated heterocycles. The molecule has 0 spiro atoms. The molecule has 4 atom stereocenters. The normalized spacial score (nSPS) is 10.6. The van der Waals surface area contributed by atoms with Crippen molar-refractivity contribution in [3.05, 3.63) is 138 Å². The molecule has 518 valence electrons. The third kappa shape index (κ3) is 83.2. The Balaban J connectivity index is -0.000000151. The molecule has 27 nitrogen and oxygen atoms in total. The van der Waals surface area contributed by atoms with Crippen LogP contribution < -0.4 is 0 Å². The smallest absolute Gasteiger partial charge is 0.333 e. The van der Waals surface area contributed by atoms with Crippen molar-refractivity contribution in [2.45, 2.75) is 124 Å². The fourth-order valence-electron chi connectivity index (χ4n) is 4.21. The Labute approximate surface area is 535 Å². The second-order valence-corrected chi connectivity index (χ2v) is 17.8. The van der Waals surface area contributed by atoms with Crippen molar-refractivity contribution >= 4 is 65.7 Å². The lowest BCUT2D eigenvalue weighted by atomic mass is 9.88. The van der Waals surface area contributed by atoms with Gasteiger partial charge < -0.3 is 78.0 Å². The van der Waals surface area contributed by atoms with E-state index < -0.39 is 47.2 Å². The molecular formula is C64H100O27. The van der Waals surface area contributed by atoms with E-state index >= 15 is 0 Å². The van der Waals surface area contributed by atoms with Gasteiger partial charge in [0.2, 0.25) is 0 Å². The van der Waals surface area contributed by atoms with Crippen LogP contribution in [0.5, 0.6) is 0 Å². The number of unbranched alkanes of at least 4 members (excludes halogenated alkanes) is 4. The number of carbonyl (C=O) groups is 11. The van der Waals surface area contributed by atoms with Gasteiger partial charge in [0.05, 0.1) is 78.3 Å². The van der Waals surface area contributed by atoms with Gasteiger partial charge in [0.15, 0.2) is 0 Å². The number of esters is 8. The number of aliphatic hydroxyl groups excluding tert-OH is 3. The van der Waals surface area contributed by atoms with Crippen molar-refractivity contribution in [3.63, 3.8) is 0 Å². The summed E-state index contributed by atoms with van der Waals surface area (Å²) in [6, 6.07) is 0. The van der Waals surface area contributed by atoms with Crippen LogP contribution >= 0.6 is 0 Å². The quantitative estimate of drug-likeness (QED) is 0.0155. The van der Waals surface area contributed by atoms with Gasteiger partial charge >= 0.3 is 65.7 Å². The van der Waals surface area contributed by atoms with E-state index in [-0.39, 0.29) is 87.9 Å². The van der Waals surface area contributed by atoms with Crippen LogP contribution in [0.15, 0.2) is 138 Å². The molecular weight excluding hydrogens is 1200 g/mol. The fourth-order valence-corrected chi connectivity index (χ4v) is 4.21. The Morgan fingerprint density at radius 1 is 0.374 bits per heavy atom. The highest BCUT2D eigenvalue weighted by molar-refractivity contribution is 5.87. The Kier molecular flexibility index (Phi) is 75.9. The zero-order valence-electron chi connectivity index (χ0n) is 54.0. The number of hydrogen-bond acceptors (Lipinski definition) is 24. The Morgan fingerprint density at radius 2 is 0.637 bits per heavy atom. The molecule has 6 N–H and O–H groups in total. The zero-order chi connectivity index (χ0) is 72.2. The third-order valence-electron chi connectivity index (χ3n) is 9.60. The summed E-state index contributed by atoms with van der Waals surface area (Å²) in [6.07, 6.45) is 14.0. The maximum absolute atomic E-state index is 11.0. The number of hydrogen-bond donors (Lipinski definition) is 6. The second-order valence-electron chi connectivity index (χ2n) is 17.8. The fraction of sp³-hybridized carbons (Fsp3) is 0.484. The Morgan fingerprint density at radius 3 is 0.912 bits per heavy atom. The summed E-state index contributed by atoms with van der Waals surface area (Å²) >= 11 is 0. The first-order chi connectivity index (χ1) is 42.7. The number of carboxylic acid groups (broad SMARTS) is 3. The van der Waals surface area contributed by atoms with Crippen molar-refractivity contribution in [2.24, 2.45) is 5.41 Å². The van der Waals surface area contributed by atoms with E-state index in [1.165, 1.54) is 0 Å². The highest BCUT2D eigenvalue weighted by Gasteiger charge is 2.25. The summed E-state index contributed by atoms with van der Waals surface area (Å²) in [5, 5.41) is 48.8. The van der Waals surface area contributed by atoms with E-state index in [2.05, 4.69) is 72.4 Å². The molecule has 27 heteroatoms. The minimum absolute atomic E-state index is 0.156. The van der Waals surface area contributed by atoms with Crippen LogP contribution in [0.1, 0.15) is 99.8 Å². The van der Waals surface area contributed by atoms with Gasteiger partial charge in [-0.25, -0.2) is 52.7 Å². The van der Waals surface area contributed by atoms with Crippen LogP contribution in [-0.2, 0) is 100 Å². The number of ether oxygens (including phenoxy) is 10. The molecule has 0 aromatic heterocycles. The van der Waals surface area contributed by atoms with E-state index in [1.54, 1.807) is 34.6 Å². The molecule has 0 aromatic carbocycles. The monoisotopic (exact) mass is 1300 g/mol. The lowest BCUT2D eigenvalue weighted by Gasteiger charge is -2.24. The van der Waals surface area contributed by atoms with Crippen LogP contribution in [0.3, 0.4) is 0 Å². The second kappa shape index (κ2) is 70.2. The molecule has 0 aliphatic carbocycles. The van der Waals surface area contributed by atoms with Gasteiger partial charge in [-0.05, 0) is 86.5 Å². The molecule has 0 amide bonds. The summed E-state index contributed by atoms with van der Waals surface area (Å²) in [5.74, 6) is -6.42. The van der Waals surface area contributed by atoms with Crippen LogP contribution in [0.2, 0.25) is 0 Å². The van der Waals surface area contributed by atoms with Crippen molar-refractivity contribution in [1.29, 1.82) is 0 Å². The van der Waals surface area contributed by atoms with Gasteiger partial charge in [-0.2, -0.15) is 0 Å². The van der Waals surface area contributed by atoms with Crippen LogP contribution in [-0.4, -0.2) is 193 Å². The predicted octanol–water partition coefficient (Wildman–Crippen LogP) is 7.01. The first-order valence-corrected chi connectivity index (χ1v) is 27.8. The lowest BCUT2D eigenvalue weighted by molar-refractivity contribution is -0.148. The standard InChI is InChI=1S/C15H24O6.2C12H18O4.C10H14O4.C6H14O3.3C3H4O2/c1-6-14(16)20-9-12(4)18-8-11(3)19-10-13(5)21-15(17)7-2;1-9(2)11(13)15-7-5-6-8-16-12(14)10(3)4;1-3-11(13)15-9-7-5-6-8-10-16-12(14)4-2;1-4-9(11)13-7-6-8(3)14-10(12)5-2;1-2-6(3-7,4-8)5-9;3*1-2-3(4)5/h6-7,11-13H,1-2,8-10H2,3-5H3;1,3,5-8H2,2,4H3;3-4H,1-2,5-10H2;4-5,8H,1-2,6-7H2,3H3;7-9H,2-5H2,1H3;3*2H,1H2,(H,4,5). The first-order valence-electron chi connectivity index (χ1n) is 27.8. The number of rotatable bonds is 40. The summed E-state index contributed by atoms with van der Waals surface area (Å²) < 4.78 is 49.6. The molecule has 0 aliphatic rings. The van der Waals surface area contributed by atoms with Crippen molar-refractivity contribution < 1.29 is 131 Å². The van der Waals surface area contributed by atoms with Gasteiger partial charge in [-0.1, -0.05) is 79.3 Å². The third-order valence-corrected chi connectivity index (χ3v) is 9.60. The summed E-state index contributed by atoms with van der Waals surface area (Å²) in [5.41, 5.74) is 0.0995. The average Bonchev–Trinajstić information content (AvgIpc) is 3.26. The molecule has 0 aromatic rings. The number of aliphatic carboxylic acids is 3. The van der Waals surface area contributed by atoms with Gasteiger partial charge in [-0.3, -0.25) is 0 Å². The minimum Gasteiger partial charge on any atom is -0.478 e. The average molecular weight is 1300 g/mol. The van der Waals surface area contributed by atoms with E-state index in [0.717, 1.165) is 80.4 Å². The van der Waals surface area contributed by atoms with Gasteiger partial charge in [-0.15, -0.1) is 0 Å². The molecule has 91 heavy (non-hydrogen) atoms. The van der Waals surface area contributed by atoms with Gasteiger partial charge in [0, 0.05) is 77.7 Å². The Bertz CT molecular complexity index is 2090. The molecule has 0 heterocycles. The van der Waals surface area contributed by atoms with E-state index in [4.69, 9.17) is 78.0 Å². The largest absolute Gasteiger partial charge is 0.478 e. The first kappa shape index (κ1) is 98.4. The number of carboxylic acids is 3.